The second kappa shape index (κ2) is 8.55. The largest absolute Gasteiger partial charge is 0.495 e. The fourth-order valence-electron chi connectivity index (χ4n) is 1.84. The molecule has 3 N–H and O–H groups in total. The molecule has 0 bridgehead atoms. The minimum atomic E-state index is -3.89. The van der Waals surface area contributed by atoms with E-state index in [-0.39, 0.29) is 16.6 Å². The van der Waals surface area contributed by atoms with Gasteiger partial charge in [0.2, 0.25) is 15.9 Å². The number of hydrogen-bond donors (Lipinski definition) is 2. The lowest BCUT2D eigenvalue weighted by Crippen LogP contribution is -2.21. The molecule has 122 valence electrons. The first kappa shape index (κ1) is 18.2. The fraction of sp³-hybridized carbons (Fsp3) is 0.400. The average Bonchev–Trinajstić information content (AvgIpc) is 2.48. The molecule has 6 nitrogen and oxygen atoms in total. The summed E-state index contributed by atoms with van der Waals surface area (Å²) in [5.74, 6) is -0.0484. The zero-order chi connectivity index (χ0) is 16.6. The predicted octanol–water partition coefficient (Wildman–Crippen LogP) is 1.66. The summed E-state index contributed by atoms with van der Waals surface area (Å²) in [6.07, 6.45) is 5.99. The van der Waals surface area contributed by atoms with Gasteiger partial charge in [-0.15, -0.1) is 0 Å². The number of ether oxygens (including phenoxy) is 1. The highest BCUT2D eigenvalue weighted by Crippen LogP contribution is 2.24. The van der Waals surface area contributed by atoms with Gasteiger partial charge < -0.3 is 10.1 Å². The fourth-order valence-corrected chi connectivity index (χ4v) is 2.57. The van der Waals surface area contributed by atoms with Gasteiger partial charge in [0.05, 0.1) is 7.11 Å². The number of nitrogens with two attached hydrogens (primary N) is 1. The second-order valence-corrected chi connectivity index (χ2v) is 6.32. The number of carbonyl (C=O) groups is 1. The Kier molecular flexibility index (Phi) is 7.07. The average molecular weight is 326 g/mol. The van der Waals surface area contributed by atoms with Crippen LogP contribution in [-0.4, -0.2) is 28.0 Å². The van der Waals surface area contributed by atoms with Gasteiger partial charge in [-0.3, -0.25) is 4.79 Å². The molecular weight excluding hydrogens is 304 g/mol. The summed E-state index contributed by atoms with van der Waals surface area (Å²) >= 11 is 0. The SMILES string of the molecule is CCCCCNC(=O)C=Cc1ccc(OC)c(S(N)(=O)=O)c1. The molecule has 0 radical (unpaired) electrons. The van der Waals surface area contributed by atoms with Gasteiger partial charge in [0, 0.05) is 12.6 Å². The number of amides is 1. The Bertz CT molecular complexity index is 639. The Morgan fingerprint density at radius 2 is 2.09 bits per heavy atom. The third kappa shape index (κ3) is 5.87. The van der Waals surface area contributed by atoms with Crippen LogP contribution in [-0.2, 0) is 14.8 Å². The van der Waals surface area contributed by atoms with Gasteiger partial charge in [0.1, 0.15) is 10.6 Å². The van der Waals surface area contributed by atoms with Crippen LogP contribution < -0.4 is 15.2 Å². The molecule has 0 spiro atoms. The highest BCUT2D eigenvalue weighted by molar-refractivity contribution is 7.89. The van der Waals surface area contributed by atoms with Crippen LogP contribution in [0.3, 0.4) is 0 Å². The zero-order valence-electron chi connectivity index (χ0n) is 12.8. The number of benzene rings is 1. The molecule has 0 aliphatic carbocycles. The molecule has 0 unspecified atom stereocenters. The first-order valence-electron chi connectivity index (χ1n) is 7.05. The third-order valence-electron chi connectivity index (χ3n) is 3.00. The second-order valence-electron chi connectivity index (χ2n) is 4.79. The van der Waals surface area contributed by atoms with E-state index < -0.39 is 10.0 Å². The minimum Gasteiger partial charge on any atom is -0.495 e. The van der Waals surface area contributed by atoms with Gasteiger partial charge >= 0.3 is 0 Å². The molecule has 1 rings (SSSR count). The monoisotopic (exact) mass is 326 g/mol. The summed E-state index contributed by atoms with van der Waals surface area (Å²) in [6.45, 7) is 2.72. The summed E-state index contributed by atoms with van der Waals surface area (Å²) in [6, 6.07) is 4.52. The Morgan fingerprint density at radius 1 is 1.36 bits per heavy atom. The van der Waals surface area contributed by atoms with E-state index in [1.54, 1.807) is 6.07 Å². The summed E-state index contributed by atoms with van der Waals surface area (Å²) in [5.41, 5.74) is 0.550. The molecule has 22 heavy (non-hydrogen) atoms. The molecule has 1 amide bonds. The highest BCUT2D eigenvalue weighted by atomic mass is 32.2. The zero-order valence-corrected chi connectivity index (χ0v) is 13.7. The number of primary sulfonamides is 1. The van der Waals surface area contributed by atoms with Crippen molar-refractivity contribution < 1.29 is 17.9 Å². The Balaban J connectivity index is 2.78. The summed E-state index contributed by atoms with van der Waals surface area (Å²) in [5, 5.41) is 7.90. The number of carbonyl (C=O) groups excluding carboxylic acids is 1. The normalized spacial score (nSPS) is 11.6. The van der Waals surface area contributed by atoms with Crippen LogP contribution in [0, 0.1) is 0 Å². The van der Waals surface area contributed by atoms with Crippen LogP contribution in [0.25, 0.3) is 6.08 Å². The Morgan fingerprint density at radius 3 is 2.68 bits per heavy atom. The summed E-state index contributed by atoms with van der Waals surface area (Å²) in [4.78, 5) is 11.5. The van der Waals surface area contributed by atoms with Crippen LogP contribution in [0.1, 0.15) is 31.7 Å². The smallest absolute Gasteiger partial charge is 0.243 e. The number of methoxy groups -OCH3 is 1. The van der Waals surface area contributed by atoms with E-state index in [0.29, 0.717) is 12.1 Å². The lowest BCUT2D eigenvalue weighted by atomic mass is 10.2. The molecule has 1 aromatic carbocycles. The first-order chi connectivity index (χ1) is 10.4. The molecule has 1 aromatic rings. The molecule has 0 aromatic heterocycles. The maximum absolute atomic E-state index is 11.6. The summed E-state index contributed by atoms with van der Waals surface area (Å²) in [7, 11) is -2.52. The number of sulfonamides is 1. The molecule has 0 fully saturated rings. The van der Waals surface area contributed by atoms with Crippen molar-refractivity contribution in [3.05, 3.63) is 29.8 Å². The number of unbranched alkanes of at least 4 members (excludes halogenated alkanes) is 2. The molecule has 0 saturated heterocycles. The van der Waals surface area contributed by atoms with Gasteiger partial charge in [-0.1, -0.05) is 25.8 Å². The van der Waals surface area contributed by atoms with Gasteiger partial charge in [-0.25, -0.2) is 13.6 Å². The molecule has 0 heterocycles. The summed E-state index contributed by atoms with van der Waals surface area (Å²) < 4.78 is 28.0. The third-order valence-corrected chi connectivity index (χ3v) is 3.93. The van der Waals surface area contributed by atoms with Gasteiger partial charge in [0.15, 0.2) is 0 Å². The molecule has 0 aliphatic rings. The Labute approximate surface area is 131 Å². The van der Waals surface area contributed by atoms with Crippen molar-refractivity contribution in [3.8, 4) is 5.75 Å². The van der Waals surface area contributed by atoms with E-state index in [2.05, 4.69) is 12.2 Å². The maximum Gasteiger partial charge on any atom is 0.243 e. The van der Waals surface area contributed by atoms with E-state index in [9.17, 15) is 13.2 Å². The lowest BCUT2D eigenvalue weighted by molar-refractivity contribution is -0.116. The molecule has 0 aliphatic heterocycles. The van der Waals surface area contributed by atoms with E-state index in [0.717, 1.165) is 19.3 Å². The molecule has 0 atom stereocenters. The molecular formula is C15H22N2O4S. The van der Waals surface area contributed by atoms with E-state index >= 15 is 0 Å². The van der Waals surface area contributed by atoms with E-state index in [1.165, 1.54) is 31.4 Å². The highest BCUT2D eigenvalue weighted by Gasteiger charge is 2.14. The first-order valence-corrected chi connectivity index (χ1v) is 8.60. The topological polar surface area (TPSA) is 98.5 Å². The number of hydrogen-bond acceptors (Lipinski definition) is 4. The van der Waals surface area contributed by atoms with Gasteiger partial charge in [-0.2, -0.15) is 0 Å². The lowest BCUT2D eigenvalue weighted by Gasteiger charge is -2.07. The van der Waals surface area contributed by atoms with Crippen molar-refractivity contribution in [1.82, 2.24) is 5.32 Å². The van der Waals surface area contributed by atoms with Crippen LogP contribution in [0.4, 0.5) is 0 Å². The Hall–Kier alpha value is -1.86. The van der Waals surface area contributed by atoms with Gasteiger partial charge in [-0.05, 0) is 30.2 Å². The van der Waals surface area contributed by atoms with Crippen LogP contribution in [0.15, 0.2) is 29.2 Å². The van der Waals surface area contributed by atoms with Crippen molar-refractivity contribution in [2.75, 3.05) is 13.7 Å². The van der Waals surface area contributed by atoms with Crippen LogP contribution >= 0.6 is 0 Å². The predicted molar refractivity (Wildman–Crippen MR) is 85.9 cm³/mol. The molecule has 0 saturated carbocycles. The van der Waals surface area contributed by atoms with Crippen molar-refractivity contribution in [1.29, 1.82) is 0 Å². The number of rotatable bonds is 8. The van der Waals surface area contributed by atoms with Crippen LogP contribution in [0.2, 0.25) is 0 Å². The van der Waals surface area contributed by atoms with Crippen molar-refractivity contribution in [2.24, 2.45) is 5.14 Å². The van der Waals surface area contributed by atoms with E-state index in [1.807, 2.05) is 0 Å². The quantitative estimate of drug-likeness (QED) is 0.560. The van der Waals surface area contributed by atoms with Crippen LogP contribution in [0.5, 0.6) is 5.75 Å². The minimum absolute atomic E-state index is 0.111. The van der Waals surface area contributed by atoms with Crippen molar-refractivity contribution in [2.45, 2.75) is 31.1 Å². The van der Waals surface area contributed by atoms with Crippen molar-refractivity contribution in [3.63, 3.8) is 0 Å². The number of nitrogens with one attached hydrogen (secondary N) is 1. The molecule has 7 heteroatoms. The maximum atomic E-state index is 11.6. The standard InChI is InChI=1S/C15H22N2O4S/c1-3-4-5-10-17-15(18)9-7-12-6-8-13(21-2)14(11-12)22(16,19)20/h6-9,11H,3-5,10H2,1-2H3,(H,17,18)(H2,16,19,20). The van der Waals surface area contributed by atoms with E-state index in [4.69, 9.17) is 9.88 Å². The van der Waals surface area contributed by atoms with Crippen molar-refractivity contribution >= 4 is 22.0 Å². The van der Waals surface area contributed by atoms with Gasteiger partial charge in [0.25, 0.3) is 0 Å².